The third-order valence-corrected chi connectivity index (χ3v) is 4.35. The van der Waals surface area contributed by atoms with Gasteiger partial charge in [0.05, 0.1) is 22.4 Å². The zero-order valence-electron chi connectivity index (χ0n) is 12.5. The number of carbonyl (C=O) groups excluding carboxylic acids is 1. The van der Waals surface area contributed by atoms with Crippen LogP contribution in [0.25, 0.3) is 0 Å². The van der Waals surface area contributed by atoms with E-state index >= 15 is 0 Å². The molecule has 2 aromatic rings. The number of aryl methyl sites for hydroxylation is 1. The molecule has 2 amide bonds. The number of urea groups is 1. The first-order valence-corrected chi connectivity index (χ1v) is 7.92. The Balaban J connectivity index is 1.78. The summed E-state index contributed by atoms with van der Waals surface area (Å²) in [6, 6.07) is 9.23. The standard InChI is InChI=1S/C16H19ClN4O/c1-2-21-15(9-10-18-21)14-8-5-11-20(14)16(22)19-13-7-4-3-6-12(13)17/h3-4,6-7,9-10,14H,2,5,8,11H2,1H3,(H,19,22). The lowest BCUT2D eigenvalue weighted by atomic mass is 10.1. The van der Waals surface area contributed by atoms with Gasteiger partial charge in [0, 0.05) is 19.3 Å². The quantitative estimate of drug-likeness (QED) is 0.932. The number of para-hydroxylation sites is 1. The topological polar surface area (TPSA) is 50.2 Å². The molecule has 1 fully saturated rings. The smallest absolute Gasteiger partial charge is 0.316 e. The van der Waals surface area contributed by atoms with Gasteiger partial charge < -0.3 is 10.2 Å². The molecule has 0 bridgehead atoms. The van der Waals surface area contributed by atoms with Crippen molar-refractivity contribution in [3.63, 3.8) is 0 Å². The number of nitrogens with one attached hydrogen (secondary N) is 1. The summed E-state index contributed by atoms with van der Waals surface area (Å²) in [4.78, 5) is 14.5. The van der Waals surface area contributed by atoms with Crippen molar-refractivity contribution in [1.82, 2.24) is 14.7 Å². The largest absolute Gasteiger partial charge is 0.322 e. The van der Waals surface area contributed by atoms with Crippen LogP contribution >= 0.6 is 11.6 Å². The highest BCUT2D eigenvalue weighted by molar-refractivity contribution is 6.33. The lowest BCUT2D eigenvalue weighted by Gasteiger charge is -2.25. The molecule has 1 aliphatic rings. The summed E-state index contributed by atoms with van der Waals surface area (Å²) in [5.41, 5.74) is 1.73. The first-order chi connectivity index (χ1) is 10.7. The van der Waals surface area contributed by atoms with Crippen LogP contribution in [0.3, 0.4) is 0 Å². The van der Waals surface area contributed by atoms with Crippen LogP contribution in [0.4, 0.5) is 10.5 Å². The van der Waals surface area contributed by atoms with E-state index in [1.165, 1.54) is 0 Å². The molecule has 0 aliphatic carbocycles. The van der Waals surface area contributed by atoms with Crippen molar-refractivity contribution in [1.29, 1.82) is 0 Å². The molecule has 1 atom stereocenters. The van der Waals surface area contributed by atoms with Crippen molar-refractivity contribution in [2.24, 2.45) is 0 Å². The molecule has 3 rings (SSSR count). The van der Waals surface area contributed by atoms with Gasteiger partial charge in [-0.15, -0.1) is 0 Å². The van der Waals surface area contributed by atoms with E-state index in [2.05, 4.69) is 17.3 Å². The molecular formula is C16H19ClN4O. The first-order valence-electron chi connectivity index (χ1n) is 7.54. The number of carbonyl (C=O) groups is 1. The number of anilines is 1. The first kappa shape index (κ1) is 14.9. The molecule has 116 valence electrons. The maximum atomic E-state index is 12.6. The maximum Gasteiger partial charge on any atom is 0.322 e. The number of halogens is 1. The van der Waals surface area contributed by atoms with E-state index in [0.717, 1.165) is 31.6 Å². The van der Waals surface area contributed by atoms with Crippen LogP contribution in [0.15, 0.2) is 36.5 Å². The lowest BCUT2D eigenvalue weighted by molar-refractivity contribution is 0.204. The fraction of sp³-hybridized carbons (Fsp3) is 0.375. The van der Waals surface area contributed by atoms with Crippen molar-refractivity contribution in [2.75, 3.05) is 11.9 Å². The Morgan fingerprint density at radius 3 is 3.00 bits per heavy atom. The molecule has 1 unspecified atom stereocenters. The Morgan fingerprint density at radius 1 is 1.41 bits per heavy atom. The van der Waals surface area contributed by atoms with Gasteiger partial charge in [-0.25, -0.2) is 4.79 Å². The minimum atomic E-state index is -0.112. The molecular weight excluding hydrogens is 300 g/mol. The Hall–Kier alpha value is -2.01. The third-order valence-electron chi connectivity index (χ3n) is 4.02. The SMILES string of the molecule is CCn1nccc1C1CCCN1C(=O)Nc1ccccc1Cl. The molecule has 6 heteroatoms. The van der Waals surface area contributed by atoms with E-state index in [1.807, 2.05) is 33.8 Å². The predicted molar refractivity (Wildman–Crippen MR) is 87.1 cm³/mol. The fourth-order valence-electron chi connectivity index (χ4n) is 2.96. The van der Waals surface area contributed by atoms with Gasteiger partial charge in [-0.1, -0.05) is 23.7 Å². The lowest BCUT2D eigenvalue weighted by Crippen LogP contribution is -2.35. The molecule has 0 radical (unpaired) electrons. The molecule has 0 spiro atoms. The highest BCUT2D eigenvalue weighted by atomic mass is 35.5. The third kappa shape index (κ3) is 2.81. The van der Waals surface area contributed by atoms with Crippen molar-refractivity contribution >= 4 is 23.3 Å². The number of rotatable bonds is 3. The molecule has 0 saturated carbocycles. The number of hydrogen-bond donors (Lipinski definition) is 1. The summed E-state index contributed by atoms with van der Waals surface area (Å²) in [5, 5.41) is 7.76. The van der Waals surface area contributed by atoms with Gasteiger partial charge in [-0.2, -0.15) is 5.10 Å². The molecule has 1 aliphatic heterocycles. The Bertz CT molecular complexity index is 670. The highest BCUT2D eigenvalue weighted by Gasteiger charge is 2.32. The monoisotopic (exact) mass is 318 g/mol. The number of hydrogen-bond acceptors (Lipinski definition) is 2. The van der Waals surface area contributed by atoms with Gasteiger partial charge >= 0.3 is 6.03 Å². The normalized spacial score (nSPS) is 17.7. The minimum absolute atomic E-state index is 0.0740. The number of benzene rings is 1. The molecule has 1 N–H and O–H groups in total. The van der Waals surface area contributed by atoms with Crippen molar-refractivity contribution in [3.8, 4) is 0 Å². The Labute approximate surface area is 134 Å². The summed E-state index contributed by atoms with van der Waals surface area (Å²) in [6.45, 7) is 3.61. The van der Waals surface area contributed by atoms with Crippen LogP contribution in [-0.4, -0.2) is 27.3 Å². The van der Waals surface area contributed by atoms with Crippen LogP contribution < -0.4 is 5.32 Å². The van der Waals surface area contributed by atoms with Gasteiger partial charge in [-0.05, 0) is 38.0 Å². The molecule has 1 aromatic carbocycles. The zero-order chi connectivity index (χ0) is 15.5. The van der Waals surface area contributed by atoms with Gasteiger partial charge in [0.15, 0.2) is 0 Å². The predicted octanol–water partition coefficient (Wildman–Crippen LogP) is 3.93. The molecule has 22 heavy (non-hydrogen) atoms. The number of likely N-dealkylation sites (tertiary alicyclic amines) is 1. The highest BCUT2D eigenvalue weighted by Crippen LogP contribution is 2.32. The second-order valence-electron chi connectivity index (χ2n) is 5.33. The van der Waals surface area contributed by atoms with Crippen LogP contribution in [-0.2, 0) is 6.54 Å². The zero-order valence-corrected chi connectivity index (χ0v) is 13.3. The van der Waals surface area contributed by atoms with Crippen LogP contribution in [0.2, 0.25) is 5.02 Å². The second kappa shape index (κ2) is 6.40. The van der Waals surface area contributed by atoms with E-state index in [-0.39, 0.29) is 12.1 Å². The van der Waals surface area contributed by atoms with Crippen LogP contribution in [0.1, 0.15) is 31.5 Å². The van der Waals surface area contributed by atoms with Gasteiger partial charge in [0.1, 0.15) is 0 Å². The van der Waals surface area contributed by atoms with Crippen molar-refractivity contribution < 1.29 is 4.79 Å². The Morgan fingerprint density at radius 2 is 2.23 bits per heavy atom. The van der Waals surface area contributed by atoms with Crippen LogP contribution in [0, 0.1) is 0 Å². The fourth-order valence-corrected chi connectivity index (χ4v) is 3.14. The number of amides is 2. The van der Waals surface area contributed by atoms with Gasteiger partial charge in [0.25, 0.3) is 0 Å². The minimum Gasteiger partial charge on any atom is -0.316 e. The molecule has 5 nitrogen and oxygen atoms in total. The van der Waals surface area contributed by atoms with Crippen molar-refractivity contribution in [2.45, 2.75) is 32.4 Å². The number of nitrogens with zero attached hydrogens (tertiary/aromatic N) is 3. The van der Waals surface area contributed by atoms with E-state index in [1.54, 1.807) is 12.3 Å². The molecule has 1 aromatic heterocycles. The summed E-state index contributed by atoms with van der Waals surface area (Å²) >= 11 is 6.11. The molecule has 1 saturated heterocycles. The summed E-state index contributed by atoms with van der Waals surface area (Å²) in [6.07, 6.45) is 3.75. The van der Waals surface area contributed by atoms with Gasteiger partial charge in [-0.3, -0.25) is 4.68 Å². The Kier molecular flexibility index (Phi) is 4.34. The van der Waals surface area contributed by atoms with E-state index < -0.39 is 0 Å². The number of aromatic nitrogens is 2. The van der Waals surface area contributed by atoms with E-state index in [9.17, 15) is 4.79 Å². The summed E-state index contributed by atoms with van der Waals surface area (Å²) in [5.74, 6) is 0. The summed E-state index contributed by atoms with van der Waals surface area (Å²) < 4.78 is 1.95. The van der Waals surface area contributed by atoms with E-state index in [0.29, 0.717) is 10.7 Å². The average molecular weight is 319 g/mol. The average Bonchev–Trinajstić information content (AvgIpc) is 3.17. The van der Waals surface area contributed by atoms with Gasteiger partial charge in [0.2, 0.25) is 0 Å². The van der Waals surface area contributed by atoms with E-state index in [4.69, 9.17) is 11.6 Å². The molecule has 2 heterocycles. The second-order valence-corrected chi connectivity index (χ2v) is 5.74. The van der Waals surface area contributed by atoms with Crippen LogP contribution in [0.5, 0.6) is 0 Å². The maximum absolute atomic E-state index is 12.6. The summed E-state index contributed by atoms with van der Waals surface area (Å²) in [7, 11) is 0. The van der Waals surface area contributed by atoms with Crippen molar-refractivity contribution in [3.05, 3.63) is 47.2 Å².